The number of hydrogen-bond acceptors (Lipinski definition) is 6. The van der Waals surface area contributed by atoms with Crippen molar-refractivity contribution in [3.05, 3.63) is 90.3 Å². The molecule has 8 heteroatoms. The number of benzene rings is 2. The van der Waals surface area contributed by atoms with E-state index in [0.29, 0.717) is 25.6 Å². The Kier molecular flexibility index (Phi) is 6.25. The highest BCUT2D eigenvalue weighted by molar-refractivity contribution is 5.79. The van der Waals surface area contributed by atoms with E-state index in [9.17, 15) is 4.79 Å². The normalized spacial score (nSPS) is 19.5. The van der Waals surface area contributed by atoms with Crippen molar-refractivity contribution in [1.82, 2.24) is 19.7 Å². The number of carbonyl (C=O) groups excluding carboxylic acids is 1. The molecule has 2 saturated heterocycles. The van der Waals surface area contributed by atoms with Gasteiger partial charge in [-0.05, 0) is 53.3 Å². The van der Waals surface area contributed by atoms with Crippen LogP contribution in [0.25, 0.3) is 22.5 Å². The summed E-state index contributed by atoms with van der Waals surface area (Å²) in [5.74, 6) is 0.773. The standard InChI is InChI=1S/C31H30N4O4/c36-31(39-19-27-25-9-3-1-7-23(25)24-8-2-4-10-26(24)27)34-16-5-6-21(34)14-17-37-22-11-12-28(32-18-22)29-13-15-33-35(29)30-20-38-30/h1-4,7-13,15,18,21,27,30H,5-6,14,16-17,19-20H2/t21-,30?/m1/s1. The molecular weight excluding hydrogens is 492 g/mol. The van der Waals surface area contributed by atoms with Gasteiger partial charge in [0.2, 0.25) is 0 Å². The molecule has 7 rings (SSSR count). The van der Waals surface area contributed by atoms with Gasteiger partial charge in [-0.2, -0.15) is 5.10 Å². The maximum atomic E-state index is 13.1. The molecule has 4 heterocycles. The minimum Gasteiger partial charge on any atom is -0.492 e. The fourth-order valence-corrected chi connectivity index (χ4v) is 5.91. The highest BCUT2D eigenvalue weighted by Crippen LogP contribution is 2.44. The van der Waals surface area contributed by atoms with E-state index in [1.165, 1.54) is 22.3 Å². The summed E-state index contributed by atoms with van der Waals surface area (Å²) in [4.78, 5) is 19.6. The Bertz CT molecular complexity index is 1430. The fourth-order valence-electron chi connectivity index (χ4n) is 5.91. The lowest BCUT2D eigenvalue weighted by Crippen LogP contribution is -2.37. The second-order valence-electron chi connectivity index (χ2n) is 10.3. The Morgan fingerprint density at radius 3 is 2.49 bits per heavy atom. The quantitative estimate of drug-likeness (QED) is 0.278. The lowest BCUT2D eigenvalue weighted by atomic mass is 9.98. The van der Waals surface area contributed by atoms with Crippen LogP contribution >= 0.6 is 0 Å². The molecular formula is C31H30N4O4. The largest absolute Gasteiger partial charge is 0.492 e. The van der Waals surface area contributed by atoms with Gasteiger partial charge in [0.05, 0.1) is 30.8 Å². The van der Waals surface area contributed by atoms with Crippen LogP contribution < -0.4 is 4.74 Å². The molecule has 1 unspecified atom stereocenters. The molecule has 0 radical (unpaired) electrons. The predicted octanol–water partition coefficient (Wildman–Crippen LogP) is 5.66. The van der Waals surface area contributed by atoms with Gasteiger partial charge in [0.25, 0.3) is 0 Å². The SMILES string of the molecule is O=C(OCC1c2ccccc2-c2ccccc21)N1CCC[C@@H]1CCOc1ccc(-c2ccnn2C2CO2)nc1. The van der Waals surface area contributed by atoms with E-state index >= 15 is 0 Å². The van der Waals surface area contributed by atoms with E-state index in [1.807, 2.05) is 27.8 Å². The number of carbonyl (C=O) groups is 1. The van der Waals surface area contributed by atoms with Crippen molar-refractivity contribution in [2.45, 2.75) is 37.5 Å². The van der Waals surface area contributed by atoms with E-state index < -0.39 is 0 Å². The van der Waals surface area contributed by atoms with Crippen LogP contribution in [-0.2, 0) is 9.47 Å². The number of likely N-dealkylation sites (tertiary alicyclic amines) is 1. The van der Waals surface area contributed by atoms with Crippen LogP contribution in [0, 0.1) is 0 Å². The Hall–Kier alpha value is -4.17. The first-order valence-corrected chi connectivity index (χ1v) is 13.6. The van der Waals surface area contributed by atoms with Crippen molar-refractivity contribution >= 4 is 6.09 Å². The molecule has 1 amide bonds. The van der Waals surface area contributed by atoms with Gasteiger partial charge in [-0.3, -0.25) is 4.98 Å². The molecule has 2 aliphatic heterocycles. The Morgan fingerprint density at radius 1 is 1.00 bits per heavy atom. The van der Waals surface area contributed by atoms with E-state index in [-0.39, 0.29) is 24.3 Å². The monoisotopic (exact) mass is 522 g/mol. The molecule has 2 atom stereocenters. The molecule has 39 heavy (non-hydrogen) atoms. The lowest BCUT2D eigenvalue weighted by Gasteiger charge is -2.25. The molecule has 2 aromatic heterocycles. The summed E-state index contributed by atoms with van der Waals surface area (Å²) in [6.07, 6.45) is 5.95. The summed E-state index contributed by atoms with van der Waals surface area (Å²) in [5, 5.41) is 4.33. The molecule has 8 nitrogen and oxygen atoms in total. The van der Waals surface area contributed by atoms with Gasteiger partial charge in [0.1, 0.15) is 12.4 Å². The minimum absolute atomic E-state index is 0.0126. The second kappa shape index (κ2) is 10.2. The molecule has 2 aromatic carbocycles. The fraction of sp³-hybridized carbons (Fsp3) is 0.323. The average molecular weight is 523 g/mol. The highest BCUT2D eigenvalue weighted by Gasteiger charge is 2.33. The zero-order chi connectivity index (χ0) is 26.2. The first kappa shape index (κ1) is 23.9. The molecule has 1 aliphatic carbocycles. The van der Waals surface area contributed by atoms with Gasteiger partial charge in [0, 0.05) is 31.1 Å². The number of rotatable bonds is 8. The first-order chi connectivity index (χ1) is 19.3. The van der Waals surface area contributed by atoms with Crippen LogP contribution in [0.15, 0.2) is 79.1 Å². The Balaban J connectivity index is 0.935. The van der Waals surface area contributed by atoms with Crippen LogP contribution in [0.3, 0.4) is 0 Å². The average Bonchev–Trinajstić information content (AvgIpc) is 3.38. The van der Waals surface area contributed by atoms with E-state index in [0.717, 1.165) is 37.2 Å². The minimum atomic E-state index is -0.235. The molecule has 3 aliphatic rings. The van der Waals surface area contributed by atoms with Gasteiger partial charge in [-0.25, -0.2) is 9.48 Å². The number of epoxide rings is 1. The molecule has 2 fully saturated rings. The van der Waals surface area contributed by atoms with Crippen molar-refractivity contribution < 1.29 is 19.0 Å². The molecule has 4 aromatic rings. The number of pyridine rings is 1. The Morgan fingerprint density at radius 2 is 1.77 bits per heavy atom. The number of fused-ring (bicyclic) bond motifs is 3. The predicted molar refractivity (Wildman–Crippen MR) is 145 cm³/mol. The third kappa shape index (κ3) is 4.65. The molecule has 0 saturated carbocycles. The van der Waals surface area contributed by atoms with Crippen molar-refractivity contribution in [2.24, 2.45) is 0 Å². The number of ether oxygens (including phenoxy) is 3. The first-order valence-electron chi connectivity index (χ1n) is 13.6. The topological polar surface area (TPSA) is 82.0 Å². The third-order valence-electron chi connectivity index (χ3n) is 7.93. The van der Waals surface area contributed by atoms with Crippen molar-refractivity contribution in [3.63, 3.8) is 0 Å². The Labute approximate surface area is 227 Å². The van der Waals surface area contributed by atoms with Crippen LogP contribution in [0.2, 0.25) is 0 Å². The number of nitrogens with zero attached hydrogens (tertiary/aromatic N) is 4. The molecule has 198 valence electrons. The summed E-state index contributed by atoms with van der Waals surface area (Å²) in [7, 11) is 0. The zero-order valence-corrected chi connectivity index (χ0v) is 21.6. The van der Waals surface area contributed by atoms with Crippen molar-refractivity contribution in [1.29, 1.82) is 0 Å². The summed E-state index contributed by atoms with van der Waals surface area (Å²) < 4.78 is 19.1. The van der Waals surface area contributed by atoms with Crippen molar-refractivity contribution in [3.8, 4) is 28.3 Å². The highest BCUT2D eigenvalue weighted by atomic mass is 16.6. The summed E-state index contributed by atoms with van der Waals surface area (Å²) in [6, 6.07) is 22.7. The number of aromatic nitrogens is 3. The summed E-state index contributed by atoms with van der Waals surface area (Å²) in [6.45, 7) is 2.25. The summed E-state index contributed by atoms with van der Waals surface area (Å²) >= 11 is 0. The van der Waals surface area contributed by atoms with E-state index in [2.05, 4.69) is 58.6 Å². The van der Waals surface area contributed by atoms with Gasteiger partial charge in [-0.15, -0.1) is 0 Å². The maximum Gasteiger partial charge on any atom is 0.410 e. The van der Waals surface area contributed by atoms with Crippen LogP contribution in [-0.4, -0.2) is 58.2 Å². The molecule has 0 N–H and O–H groups in total. The third-order valence-corrected chi connectivity index (χ3v) is 7.93. The number of hydrogen-bond donors (Lipinski definition) is 0. The number of amides is 1. The summed E-state index contributed by atoms with van der Waals surface area (Å²) in [5.41, 5.74) is 6.66. The van der Waals surface area contributed by atoms with E-state index in [4.69, 9.17) is 14.2 Å². The van der Waals surface area contributed by atoms with Gasteiger partial charge < -0.3 is 19.1 Å². The second-order valence-corrected chi connectivity index (χ2v) is 10.3. The van der Waals surface area contributed by atoms with Gasteiger partial charge in [-0.1, -0.05) is 48.5 Å². The lowest BCUT2D eigenvalue weighted by molar-refractivity contribution is 0.0916. The van der Waals surface area contributed by atoms with Crippen LogP contribution in [0.5, 0.6) is 5.75 Å². The van der Waals surface area contributed by atoms with Crippen molar-refractivity contribution in [2.75, 3.05) is 26.4 Å². The smallest absolute Gasteiger partial charge is 0.410 e. The molecule has 0 spiro atoms. The van der Waals surface area contributed by atoms with Gasteiger partial charge in [0.15, 0.2) is 6.23 Å². The van der Waals surface area contributed by atoms with E-state index in [1.54, 1.807) is 12.4 Å². The van der Waals surface area contributed by atoms with Crippen LogP contribution in [0.1, 0.15) is 42.5 Å². The molecule has 0 bridgehead atoms. The van der Waals surface area contributed by atoms with Gasteiger partial charge >= 0.3 is 6.09 Å². The van der Waals surface area contributed by atoms with Crippen LogP contribution in [0.4, 0.5) is 4.79 Å². The zero-order valence-electron chi connectivity index (χ0n) is 21.6. The maximum absolute atomic E-state index is 13.1.